The zero-order valence-electron chi connectivity index (χ0n) is 13.4. The second-order valence-electron chi connectivity index (χ2n) is 5.35. The summed E-state index contributed by atoms with van der Waals surface area (Å²) in [4.78, 5) is 12.3. The molecule has 2 aromatic carbocycles. The average Bonchev–Trinajstić information content (AvgIpc) is 2.55. The van der Waals surface area contributed by atoms with Gasteiger partial charge in [-0.15, -0.1) is 0 Å². The maximum atomic E-state index is 13.3. The average molecular weight is 450 g/mol. The number of carbonyl (C=O) groups is 1. The largest absolute Gasteiger partial charge is 0.348 e. The lowest BCUT2D eigenvalue weighted by Gasteiger charge is -2.13. The van der Waals surface area contributed by atoms with Crippen molar-refractivity contribution < 1.29 is 17.6 Å². The van der Waals surface area contributed by atoms with E-state index in [4.69, 9.17) is 11.6 Å². The van der Waals surface area contributed by atoms with Crippen LogP contribution in [0.1, 0.15) is 15.9 Å². The van der Waals surface area contributed by atoms with E-state index in [1.807, 2.05) is 0 Å². The number of nitrogens with one attached hydrogen (secondary N) is 1. The van der Waals surface area contributed by atoms with Gasteiger partial charge >= 0.3 is 0 Å². The molecular weight excluding hydrogens is 435 g/mol. The second-order valence-corrected chi connectivity index (χ2v) is 8.76. The number of halogens is 3. The molecule has 9 heteroatoms. The fraction of sp³-hybridized carbons (Fsp3) is 0.188. The Morgan fingerprint density at radius 1 is 1.24 bits per heavy atom. The molecule has 5 nitrogen and oxygen atoms in total. The Balaban J connectivity index is 2.26. The van der Waals surface area contributed by atoms with Crippen LogP contribution in [0.2, 0.25) is 5.02 Å². The Hall–Kier alpha value is -1.48. The van der Waals surface area contributed by atoms with Crippen molar-refractivity contribution in [3.63, 3.8) is 0 Å². The van der Waals surface area contributed by atoms with E-state index in [1.54, 1.807) is 0 Å². The van der Waals surface area contributed by atoms with Crippen molar-refractivity contribution in [3.8, 4) is 0 Å². The Labute approximate surface area is 159 Å². The van der Waals surface area contributed by atoms with E-state index >= 15 is 0 Å². The summed E-state index contributed by atoms with van der Waals surface area (Å²) >= 11 is 9.30. The molecule has 0 heterocycles. The maximum Gasteiger partial charge on any atom is 0.253 e. The molecule has 25 heavy (non-hydrogen) atoms. The molecule has 1 N–H and O–H groups in total. The molecule has 0 fully saturated rings. The summed E-state index contributed by atoms with van der Waals surface area (Å²) in [5.74, 6) is -0.985. The van der Waals surface area contributed by atoms with E-state index in [1.165, 1.54) is 50.5 Å². The minimum atomic E-state index is -3.69. The van der Waals surface area contributed by atoms with Crippen LogP contribution in [-0.4, -0.2) is 32.7 Å². The van der Waals surface area contributed by atoms with Crippen LogP contribution in [-0.2, 0) is 16.6 Å². The SMILES string of the molecule is CN(C)S(=O)(=O)c1ccc(Cl)c(C(=O)NCc2cc(F)ccc2Br)c1. The van der Waals surface area contributed by atoms with Crippen LogP contribution >= 0.6 is 27.5 Å². The minimum Gasteiger partial charge on any atom is -0.348 e. The van der Waals surface area contributed by atoms with Crippen molar-refractivity contribution in [1.82, 2.24) is 9.62 Å². The molecule has 0 bridgehead atoms. The molecule has 1 amide bonds. The van der Waals surface area contributed by atoms with Crippen molar-refractivity contribution in [1.29, 1.82) is 0 Å². The molecular formula is C16H15BrClFN2O3S. The summed E-state index contributed by atoms with van der Waals surface area (Å²) in [5.41, 5.74) is 0.568. The Morgan fingerprint density at radius 3 is 2.56 bits per heavy atom. The zero-order chi connectivity index (χ0) is 18.8. The van der Waals surface area contributed by atoms with Gasteiger partial charge in [0, 0.05) is 25.1 Å². The third kappa shape index (κ3) is 4.58. The topological polar surface area (TPSA) is 66.5 Å². The highest BCUT2D eigenvalue weighted by Crippen LogP contribution is 2.23. The summed E-state index contributed by atoms with van der Waals surface area (Å²) in [6, 6.07) is 8.02. The summed E-state index contributed by atoms with van der Waals surface area (Å²) in [6.45, 7) is 0.0537. The van der Waals surface area contributed by atoms with E-state index in [0.29, 0.717) is 10.0 Å². The van der Waals surface area contributed by atoms with Crippen molar-refractivity contribution in [2.75, 3.05) is 14.1 Å². The number of sulfonamides is 1. The van der Waals surface area contributed by atoms with Crippen LogP contribution < -0.4 is 5.32 Å². The standard InChI is InChI=1S/C16H15BrClFN2O3S/c1-21(2)25(23,24)12-4-6-15(18)13(8-12)16(22)20-9-10-7-11(19)3-5-14(10)17/h3-8H,9H2,1-2H3,(H,20,22). The molecule has 2 rings (SSSR count). The Morgan fingerprint density at radius 2 is 1.92 bits per heavy atom. The Bertz CT molecular complexity index is 920. The normalized spacial score (nSPS) is 11.6. The summed E-state index contributed by atoms with van der Waals surface area (Å²) in [7, 11) is -0.903. The number of rotatable bonds is 5. The fourth-order valence-electron chi connectivity index (χ4n) is 2.00. The number of carbonyl (C=O) groups excluding carboxylic acids is 1. The lowest BCUT2D eigenvalue weighted by atomic mass is 10.2. The second kappa shape index (κ2) is 7.82. The molecule has 0 aromatic heterocycles. The number of amides is 1. The third-order valence-corrected chi connectivity index (χ3v) is 6.32. The van der Waals surface area contributed by atoms with Crippen LogP contribution in [0.25, 0.3) is 0 Å². The highest BCUT2D eigenvalue weighted by atomic mass is 79.9. The summed E-state index contributed by atoms with van der Waals surface area (Å²) in [5, 5.41) is 2.72. The lowest BCUT2D eigenvalue weighted by molar-refractivity contribution is 0.0950. The summed E-state index contributed by atoms with van der Waals surface area (Å²) in [6.07, 6.45) is 0. The van der Waals surface area contributed by atoms with Crippen LogP contribution in [0, 0.1) is 5.82 Å². The monoisotopic (exact) mass is 448 g/mol. The van der Waals surface area contributed by atoms with E-state index in [0.717, 1.165) is 4.31 Å². The first kappa shape index (κ1) is 19.8. The van der Waals surface area contributed by atoms with Gasteiger partial charge in [0.2, 0.25) is 10.0 Å². The molecule has 0 unspecified atom stereocenters. The number of nitrogens with zero attached hydrogens (tertiary/aromatic N) is 1. The highest BCUT2D eigenvalue weighted by Gasteiger charge is 2.20. The van der Waals surface area contributed by atoms with Crippen molar-refractivity contribution in [2.45, 2.75) is 11.4 Å². The van der Waals surface area contributed by atoms with Crippen molar-refractivity contribution in [2.24, 2.45) is 0 Å². The molecule has 0 saturated heterocycles. The van der Waals surface area contributed by atoms with Gasteiger partial charge in [-0.1, -0.05) is 27.5 Å². The predicted octanol–water partition coefficient (Wildman–Crippen LogP) is 3.42. The first-order valence-corrected chi connectivity index (χ1v) is 9.68. The van der Waals surface area contributed by atoms with Crippen molar-refractivity contribution in [3.05, 3.63) is 62.8 Å². The number of benzene rings is 2. The van der Waals surface area contributed by atoms with E-state index in [-0.39, 0.29) is 22.0 Å². The van der Waals surface area contributed by atoms with Crippen LogP contribution in [0.5, 0.6) is 0 Å². The highest BCUT2D eigenvalue weighted by molar-refractivity contribution is 9.10. The van der Waals surface area contributed by atoms with Crippen LogP contribution in [0.15, 0.2) is 45.8 Å². The maximum absolute atomic E-state index is 13.3. The zero-order valence-corrected chi connectivity index (χ0v) is 16.5. The molecule has 2 aromatic rings. The molecule has 0 radical (unpaired) electrons. The van der Waals surface area contributed by atoms with Gasteiger partial charge in [0.15, 0.2) is 0 Å². The molecule has 0 spiro atoms. The number of hydrogen-bond acceptors (Lipinski definition) is 3. The van der Waals surface area contributed by atoms with Gasteiger partial charge in [-0.2, -0.15) is 0 Å². The molecule has 0 atom stereocenters. The van der Waals surface area contributed by atoms with Crippen LogP contribution in [0.3, 0.4) is 0 Å². The minimum absolute atomic E-state index is 0.0251. The van der Waals surface area contributed by atoms with E-state index in [2.05, 4.69) is 21.2 Å². The smallest absolute Gasteiger partial charge is 0.253 e. The van der Waals surface area contributed by atoms with Gasteiger partial charge in [0.25, 0.3) is 5.91 Å². The summed E-state index contributed by atoms with van der Waals surface area (Å²) < 4.78 is 39.3. The van der Waals surface area contributed by atoms with E-state index in [9.17, 15) is 17.6 Å². The van der Waals surface area contributed by atoms with Gasteiger partial charge < -0.3 is 5.32 Å². The van der Waals surface area contributed by atoms with Gasteiger partial charge in [-0.3, -0.25) is 4.79 Å². The third-order valence-electron chi connectivity index (χ3n) is 3.41. The molecule has 0 aliphatic carbocycles. The molecule has 0 saturated carbocycles. The Kier molecular flexibility index (Phi) is 6.21. The quantitative estimate of drug-likeness (QED) is 0.760. The van der Waals surface area contributed by atoms with E-state index < -0.39 is 21.7 Å². The first-order valence-electron chi connectivity index (χ1n) is 7.07. The van der Waals surface area contributed by atoms with Gasteiger partial charge in [0.05, 0.1) is 15.5 Å². The fourth-order valence-corrected chi connectivity index (χ4v) is 3.52. The predicted molar refractivity (Wildman–Crippen MR) is 97.6 cm³/mol. The first-order chi connectivity index (χ1) is 11.6. The number of hydrogen-bond donors (Lipinski definition) is 1. The molecule has 0 aliphatic rings. The van der Waals surface area contributed by atoms with Gasteiger partial charge in [0.1, 0.15) is 5.82 Å². The lowest BCUT2D eigenvalue weighted by Crippen LogP contribution is -2.25. The van der Waals surface area contributed by atoms with Gasteiger partial charge in [-0.05, 0) is 42.0 Å². The van der Waals surface area contributed by atoms with Gasteiger partial charge in [-0.25, -0.2) is 17.1 Å². The molecule has 0 aliphatic heterocycles. The van der Waals surface area contributed by atoms with Crippen molar-refractivity contribution >= 4 is 43.5 Å². The molecule has 134 valence electrons. The van der Waals surface area contributed by atoms with Crippen LogP contribution in [0.4, 0.5) is 4.39 Å².